The van der Waals surface area contributed by atoms with Gasteiger partial charge in [-0.25, -0.2) is 0 Å². The van der Waals surface area contributed by atoms with Gasteiger partial charge in [-0.1, -0.05) is 24.3 Å². The molecule has 0 atom stereocenters. The largest absolute Gasteiger partial charge is 0.480 e. The number of anilines is 4. The van der Waals surface area contributed by atoms with Crippen LogP contribution in [-0.2, 0) is 38.1 Å². The Morgan fingerprint density at radius 1 is 0.542 bits per heavy atom. The van der Waals surface area contributed by atoms with Crippen molar-refractivity contribution in [3.05, 3.63) is 48.5 Å². The lowest BCUT2D eigenvalue weighted by Crippen LogP contribution is -2.38. The number of carboxylic acids is 3. The third-order valence-electron chi connectivity index (χ3n) is 7.28. The number of para-hydroxylation sites is 4. The lowest BCUT2D eigenvalue weighted by Gasteiger charge is -2.32. The van der Waals surface area contributed by atoms with Gasteiger partial charge in [0.25, 0.3) is 0 Å². The van der Waals surface area contributed by atoms with Crippen LogP contribution in [0.15, 0.2) is 48.5 Å². The summed E-state index contributed by atoms with van der Waals surface area (Å²) in [6.07, 6.45) is 0. The Morgan fingerprint density at radius 2 is 0.854 bits per heavy atom. The van der Waals surface area contributed by atoms with Crippen LogP contribution in [0.5, 0.6) is 0 Å². The van der Waals surface area contributed by atoms with Gasteiger partial charge in [-0.3, -0.25) is 19.2 Å². The maximum Gasteiger partial charge on any atom is 0.323 e. The summed E-state index contributed by atoms with van der Waals surface area (Å²) in [6, 6.07) is 14.4. The molecule has 1 aliphatic heterocycles. The van der Waals surface area contributed by atoms with E-state index in [1.54, 1.807) is 29.2 Å². The van der Waals surface area contributed by atoms with Gasteiger partial charge in [-0.15, -0.1) is 0 Å². The molecule has 0 bridgehead atoms. The lowest BCUT2D eigenvalue weighted by molar-refractivity contribution is -0.137. The highest BCUT2D eigenvalue weighted by Crippen LogP contribution is 2.30. The van der Waals surface area contributed by atoms with Crippen molar-refractivity contribution in [2.45, 2.75) is 6.92 Å². The summed E-state index contributed by atoms with van der Waals surface area (Å²) >= 11 is 0. The molecule has 0 spiro atoms. The maximum absolute atomic E-state index is 12.0. The molecule has 2 aromatic rings. The fraction of sp³-hybridized carbons (Fsp3) is 0.515. The van der Waals surface area contributed by atoms with E-state index < -0.39 is 31.0 Å². The molecule has 1 saturated heterocycles. The van der Waals surface area contributed by atoms with Crippen LogP contribution in [0.2, 0.25) is 0 Å². The van der Waals surface area contributed by atoms with Crippen molar-refractivity contribution >= 4 is 46.4 Å². The summed E-state index contributed by atoms with van der Waals surface area (Å²) in [5, 5.41) is 28.3. The topological polar surface area (TPSA) is 179 Å². The molecule has 0 aliphatic carbocycles. The van der Waals surface area contributed by atoms with Gasteiger partial charge < -0.3 is 53.9 Å². The number of Topliss-reactive ketones (excluding diaryl/α,β-unsaturated/α-hetero) is 1. The van der Waals surface area contributed by atoms with Crippen molar-refractivity contribution in [2.75, 3.05) is 125 Å². The van der Waals surface area contributed by atoms with E-state index in [0.29, 0.717) is 96.1 Å². The standard InChI is InChI=1S/C33H46N4O11/c1-26(38)22-36(23-31(39)40)29-8-4-2-6-27(29)34-10-14-45-18-20-47-16-12-35(13-17-48-21-19-46-15-11-34)28-7-3-5-9-30(28)37(24-32(41)42)25-33(43)44/h2-9H,10-25H2,1H3,(H,39,40)(H,41,42)(H,43,44). The number of ether oxygens (including phenoxy) is 4. The normalized spacial score (nSPS) is 15.9. The molecular formula is C33H46N4O11. The first-order chi connectivity index (χ1) is 23.2. The van der Waals surface area contributed by atoms with Crippen molar-refractivity contribution in [1.82, 2.24) is 0 Å². The SMILES string of the molecule is CC(=O)CN(CC(=O)O)c1ccccc1N1CCOCCOCCN(c2ccccc2N(CC(=O)O)CC(=O)O)CCOCCOCC1. The number of hydrogen-bond acceptors (Lipinski definition) is 12. The number of rotatable bonds is 12. The lowest BCUT2D eigenvalue weighted by atomic mass is 10.2. The van der Waals surface area contributed by atoms with E-state index >= 15 is 0 Å². The molecule has 1 aliphatic rings. The van der Waals surface area contributed by atoms with Crippen LogP contribution in [0.25, 0.3) is 0 Å². The third-order valence-corrected chi connectivity index (χ3v) is 7.28. The minimum absolute atomic E-state index is 0.0369. The monoisotopic (exact) mass is 674 g/mol. The van der Waals surface area contributed by atoms with E-state index in [4.69, 9.17) is 18.9 Å². The van der Waals surface area contributed by atoms with Gasteiger partial charge in [0, 0.05) is 26.2 Å². The number of benzene rings is 2. The summed E-state index contributed by atoms with van der Waals surface area (Å²) in [5.74, 6) is -3.47. The Hall–Kier alpha value is -4.44. The second kappa shape index (κ2) is 20.7. The summed E-state index contributed by atoms with van der Waals surface area (Å²) in [7, 11) is 0. The number of ketones is 1. The number of carbonyl (C=O) groups is 4. The van der Waals surface area contributed by atoms with Gasteiger partial charge >= 0.3 is 17.9 Å². The molecule has 15 heteroatoms. The van der Waals surface area contributed by atoms with E-state index in [9.17, 15) is 34.5 Å². The third kappa shape index (κ3) is 13.4. The highest BCUT2D eigenvalue weighted by molar-refractivity contribution is 5.87. The van der Waals surface area contributed by atoms with Crippen LogP contribution in [0.3, 0.4) is 0 Å². The average molecular weight is 675 g/mol. The predicted molar refractivity (Wildman–Crippen MR) is 179 cm³/mol. The van der Waals surface area contributed by atoms with E-state index in [1.807, 2.05) is 34.1 Å². The first kappa shape index (κ1) is 38.0. The molecule has 0 unspecified atom stereocenters. The molecule has 0 aromatic heterocycles. The second-order valence-electron chi connectivity index (χ2n) is 11.0. The number of hydrogen-bond donors (Lipinski definition) is 3. The Kier molecular flexibility index (Phi) is 16.4. The van der Waals surface area contributed by atoms with Crippen molar-refractivity contribution in [2.24, 2.45) is 0 Å². The molecular weight excluding hydrogens is 628 g/mol. The van der Waals surface area contributed by atoms with Gasteiger partial charge in [-0.2, -0.15) is 0 Å². The van der Waals surface area contributed by atoms with E-state index in [0.717, 1.165) is 5.69 Å². The minimum Gasteiger partial charge on any atom is -0.480 e. The van der Waals surface area contributed by atoms with Crippen LogP contribution in [0.4, 0.5) is 22.7 Å². The van der Waals surface area contributed by atoms with Crippen LogP contribution in [-0.4, -0.2) is 144 Å². The van der Waals surface area contributed by atoms with Gasteiger partial charge in [0.05, 0.1) is 82.1 Å². The Morgan fingerprint density at radius 3 is 1.17 bits per heavy atom. The van der Waals surface area contributed by atoms with Crippen LogP contribution in [0, 0.1) is 0 Å². The maximum atomic E-state index is 12.0. The fourth-order valence-corrected chi connectivity index (χ4v) is 5.26. The predicted octanol–water partition coefficient (Wildman–Crippen LogP) is 1.54. The van der Waals surface area contributed by atoms with Gasteiger partial charge in [0.15, 0.2) is 0 Å². The van der Waals surface area contributed by atoms with Crippen LogP contribution >= 0.6 is 0 Å². The van der Waals surface area contributed by atoms with Gasteiger partial charge in [-0.05, 0) is 31.2 Å². The number of nitrogens with zero attached hydrogens (tertiary/aromatic N) is 4. The van der Waals surface area contributed by atoms with Crippen LogP contribution in [0.1, 0.15) is 6.92 Å². The highest BCUT2D eigenvalue weighted by Gasteiger charge is 2.21. The molecule has 3 N–H and O–H groups in total. The number of aliphatic carboxylic acids is 3. The fourth-order valence-electron chi connectivity index (χ4n) is 5.26. The van der Waals surface area contributed by atoms with Crippen molar-refractivity contribution in [1.29, 1.82) is 0 Å². The zero-order chi connectivity index (χ0) is 34.7. The van der Waals surface area contributed by atoms with Gasteiger partial charge in [0.1, 0.15) is 25.4 Å². The highest BCUT2D eigenvalue weighted by atomic mass is 16.5. The first-order valence-electron chi connectivity index (χ1n) is 15.8. The Bertz CT molecular complexity index is 1180. The van der Waals surface area contributed by atoms with Crippen molar-refractivity contribution in [3.8, 4) is 0 Å². The Balaban J connectivity index is 1.68. The van der Waals surface area contributed by atoms with E-state index in [2.05, 4.69) is 0 Å². The van der Waals surface area contributed by atoms with Crippen molar-refractivity contribution < 1.29 is 53.4 Å². The zero-order valence-electron chi connectivity index (χ0n) is 27.3. The molecule has 3 rings (SSSR count). The van der Waals surface area contributed by atoms with E-state index in [-0.39, 0.29) is 18.9 Å². The first-order valence-corrected chi connectivity index (χ1v) is 15.8. The molecule has 48 heavy (non-hydrogen) atoms. The van der Waals surface area contributed by atoms with E-state index in [1.165, 1.54) is 11.8 Å². The molecule has 0 amide bonds. The summed E-state index contributed by atoms with van der Waals surface area (Å²) in [5.41, 5.74) is 2.54. The summed E-state index contributed by atoms with van der Waals surface area (Å²) < 4.78 is 23.5. The number of carboxylic acid groups (broad SMARTS) is 3. The molecule has 0 radical (unpaired) electrons. The second-order valence-corrected chi connectivity index (χ2v) is 11.0. The molecule has 0 saturated carbocycles. The quantitative estimate of drug-likeness (QED) is 0.295. The smallest absolute Gasteiger partial charge is 0.323 e. The molecule has 1 heterocycles. The molecule has 264 valence electrons. The molecule has 15 nitrogen and oxygen atoms in total. The van der Waals surface area contributed by atoms with Crippen molar-refractivity contribution in [3.63, 3.8) is 0 Å². The summed E-state index contributed by atoms with van der Waals surface area (Å²) in [4.78, 5) is 53.5. The van der Waals surface area contributed by atoms with Gasteiger partial charge in [0.2, 0.25) is 0 Å². The Labute approximate surface area is 280 Å². The summed E-state index contributed by atoms with van der Waals surface area (Å²) in [6.45, 7) is 4.60. The zero-order valence-corrected chi connectivity index (χ0v) is 27.3. The molecule has 1 fully saturated rings. The number of carbonyl (C=O) groups excluding carboxylic acids is 1. The van der Waals surface area contributed by atoms with Crippen LogP contribution < -0.4 is 19.6 Å². The minimum atomic E-state index is -1.14. The molecule has 2 aromatic carbocycles. The average Bonchev–Trinajstić information content (AvgIpc) is 3.03.